The number of hydrogen-bond donors (Lipinski definition) is 5. The van der Waals surface area contributed by atoms with E-state index in [4.69, 9.17) is 0 Å². The Bertz CT molecular complexity index is 5410. The number of fused-ring (bicyclic) bond motifs is 4. The molecule has 15 rings (SSSR count). The summed E-state index contributed by atoms with van der Waals surface area (Å²) in [5.41, 5.74) is 13.1. The fraction of sp³-hybridized carbons (Fsp3) is 0.0333. The molecule has 25 heteroatoms. The first-order valence-electron chi connectivity index (χ1n) is 34.5. The van der Waals surface area contributed by atoms with Gasteiger partial charge in [-0.2, -0.15) is 0 Å². The summed E-state index contributed by atoms with van der Waals surface area (Å²) >= 11 is 32.5. The molecule has 0 radical (unpaired) electrons. The maximum absolute atomic E-state index is 10.6. The molecule has 0 unspecified atom stereocenters. The van der Waals surface area contributed by atoms with E-state index in [1.807, 2.05) is 263 Å². The van der Waals surface area contributed by atoms with Crippen LogP contribution in [0.5, 0.6) is 28.7 Å². The Labute approximate surface area is 780 Å². The van der Waals surface area contributed by atoms with Crippen molar-refractivity contribution in [2.75, 3.05) is 0 Å². The summed E-state index contributed by atoms with van der Waals surface area (Å²) in [4.78, 5) is 22.5. The van der Waals surface area contributed by atoms with Gasteiger partial charge in [0.25, 0.3) is 0 Å². The second-order valence-corrected chi connectivity index (χ2v) is 63.1. The maximum atomic E-state index is 10.6. The van der Waals surface area contributed by atoms with Crippen molar-refractivity contribution in [3.05, 3.63) is 372 Å². The van der Waals surface area contributed by atoms with E-state index in [9.17, 15) is 25.5 Å². The number of aliphatic imine (C=N–C) groups is 5. The third-order valence-corrected chi connectivity index (χ3v) is 16.5. The van der Waals surface area contributed by atoms with Crippen LogP contribution in [-0.4, -0.2) is 56.6 Å². The van der Waals surface area contributed by atoms with Gasteiger partial charge in [0, 0.05) is 80.6 Å². The fourth-order valence-electron chi connectivity index (χ4n) is 11.0. The molecule has 0 atom stereocenters. The molecule has 0 amide bonds. The first-order chi connectivity index (χ1) is 56.0. The van der Waals surface area contributed by atoms with Crippen LogP contribution in [0.2, 0.25) is 0 Å². The quantitative estimate of drug-likeness (QED) is 0.0642. The van der Waals surface area contributed by atoms with Crippen LogP contribution in [0.25, 0.3) is 54.2 Å². The van der Waals surface area contributed by atoms with Crippen molar-refractivity contribution >= 4 is 234 Å². The summed E-state index contributed by atoms with van der Waals surface area (Å²) in [6, 6.07) is 106. The molecule has 10 nitrogen and oxygen atoms in total. The minimum absolute atomic E-state index is 0.125. The predicted octanol–water partition coefficient (Wildman–Crippen LogP) is 31.4. The number of halogens is 10. The molecule has 0 saturated carbocycles. The number of benzene rings is 15. The SMILES string of the molecule is Cc1cccc(C=Nc2cccc3ccccc23)c1O.Cc1ccccc1N=Cc1ccccc1O.Cc1ccccc1N=Cc1ccccc1O.Oc1c(C=Nc2cccc3ccccc23)cccc1-c1ccccc1.Oc1ccc2ccccc2c1C=Nc1cccc2ccccc12.[Br][Ti][Br].[Br][Ti][Br].[Br][Ti][Br].[Br][Ti][Br].[Br][Ti][Br]. The average molecular weight is 2340 g/mol. The first kappa shape index (κ1) is 98.9. The molecule has 0 aliphatic heterocycles. The summed E-state index contributed by atoms with van der Waals surface area (Å²) in [5, 5.41) is 58.8. The van der Waals surface area contributed by atoms with Crippen LogP contribution in [0.15, 0.2) is 353 Å². The molecule has 115 heavy (non-hydrogen) atoms. The van der Waals surface area contributed by atoms with Crippen LogP contribution in [0.1, 0.15) is 44.5 Å². The number of phenolic OH excluding ortho intramolecular Hbond substituents is 5. The zero-order valence-electron chi connectivity index (χ0n) is 61.8. The van der Waals surface area contributed by atoms with Crippen LogP contribution < -0.4 is 0 Å². The molecule has 0 aromatic heterocycles. The zero-order valence-corrected chi connectivity index (χ0v) is 85.5. The van der Waals surface area contributed by atoms with E-state index in [-0.39, 0.29) is 104 Å². The van der Waals surface area contributed by atoms with E-state index in [0.717, 1.165) is 122 Å². The number of rotatable bonds is 11. The van der Waals surface area contributed by atoms with Gasteiger partial charge in [0.1, 0.15) is 28.7 Å². The van der Waals surface area contributed by atoms with Crippen molar-refractivity contribution in [3.8, 4) is 39.9 Å². The topological polar surface area (TPSA) is 163 Å². The van der Waals surface area contributed by atoms with Gasteiger partial charge in [-0.3, -0.25) is 25.0 Å². The third kappa shape index (κ3) is 34.2. The Morgan fingerprint density at radius 1 is 0.226 bits per heavy atom. The van der Waals surface area contributed by atoms with Crippen molar-refractivity contribution in [1.29, 1.82) is 0 Å². The number of aromatic hydroxyl groups is 5. The fourth-order valence-corrected chi connectivity index (χ4v) is 11.0. The van der Waals surface area contributed by atoms with Crippen LogP contribution >= 0.6 is 132 Å². The summed E-state index contributed by atoms with van der Waals surface area (Å²) in [6.45, 7) is 5.90. The predicted molar refractivity (Wildman–Crippen MR) is 508 cm³/mol. The van der Waals surface area contributed by atoms with E-state index < -0.39 is 0 Å². The molecule has 5 N–H and O–H groups in total. The Morgan fingerprint density at radius 2 is 0.504 bits per heavy atom. The van der Waals surface area contributed by atoms with Crippen LogP contribution in [-0.2, 0) is 74.8 Å². The third-order valence-electron chi connectivity index (χ3n) is 16.5. The normalized spacial score (nSPS) is 10.3. The molecule has 0 spiro atoms. The summed E-state index contributed by atoms with van der Waals surface area (Å²) in [6.07, 6.45) is 8.54. The Balaban J connectivity index is 0.000000216. The van der Waals surface area contributed by atoms with Gasteiger partial charge in [0.15, 0.2) is 0 Å². The Kier molecular flexibility index (Phi) is 50.0. The second-order valence-electron chi connectivity index (χ2n) is 23.7. The van der Waals surface area contributed by atoms with Crippen LogP contribution in [0.3, 0.4) is 0 Å². The van der Waals surface area contributed by atoms with E-state index >= 15 is 0 Å². The van der Waals surface area contributed by atoms with Gasteiger partial charge in [0.05, 0.1) is 28.4 Å². The second kappa shape index (κ2) is 58.1. The number of aryl methyl sites for hydroxylation is 3. The van der Waals surface area contributed by atoms with Gasteiger partial charge in [0.2, 0.25) is 0 Å². The number of para-hydroxylation sites is 6. The van der Waals surface area contributed by atoms with Gasteiger partial charge in [-0.15, -0.1) is 0 Å². The molecule has 0 bridgehead atoms. The van der Waals surface area contributed by atoms with Crippen LogP contribution in [0.4, 0.5) is 28.4 Å². The Morgan fingerprint density at radius 3 is 0.922 bits per heavy atom. The number of phenols is 5. The summed E-state index contributed by atoms with van der Waals surface area (Å²) in [5.74, 6) is 1.28. The van der Waals surface area contributed by atoms with E-state index in [0.29, 0.717) is 5.56 Å². The molecular formula is C90H73Br10N5O5Ti5. The summed E-state index contributed by atoms with van der Waals surface area (Å²) in [7, 11) is 0. The van der Waals surface area contributed by atoms with Crippen LogP contribution in [0, 0.1) is 20.8 Å². The average Bonchev–Trinajstić information content (AvgIpc) is 0.780. The van der Waals surface area contributed by atoms with Crippen molar-refractivity contribution in [3.63, 3.8) is 0 Å². The zero-order chi connectivity index (χ0) is 83.0. The molecule has 15 aromatic rings. The number of hydrogen-bond acceptors (Lipinski definition) is 10. The molecule has 0 aliphatic carbocycles. The van der Waals surface area contributed by atoms with Crippen molar-refractivity contribution in [1.82, 2.24) is 0 Å². The molecule has 0 aliphatic rings. The standard InChI is InChI=1S/C23H17NO.C21H15NO.C18H15NO.2C14H13NO.10BrH.5Ti/c25-23-19(12-6-14-21(23)18-8-2-1-3-9-18)16-24-22-15-7-11-17-10-4-5-13-20(17)22;23-21-13-12-16-7-1-3-9-17(16)19(21)14-22-20-11-5-8-15-6-2-4-10-18(15)20;1-13-6-4-9-15(18(13)20)12-19-17-11-5-8-14-7-2-3-10-16(14)17;2*1-11-6-2-4-8-13(11)15-10-12-7-3-5-9-14(12)16;;;;;;;;;;;;;;;/h1-16,25H;1-14,23H;2-12,20H,1H3;2*2-10,16H,1H3;10*1H;;;;;/q;;;;;;;;;;;;;;;5*+2/p-10. The van der Waals surface area contributed by atoms with Gasteiger partial charge in [-0.05, 0) is 143 Å². The van der Waals surface area contributed by atoms with Crippen molar-refractivity contribution < 1.29 is 100 Å². The number of nitrogens with zero attached hydrogens (tertiary/aromatic N) is 5. The first-order valence-corrected chi connectivity index (χ1v) is 73.1. The van der Waals surface area contributed by atoms with E-state index in [1.165, 1.54) is 0 Å². The van der Waals surface area contributed by atoms with E-state index in [1.54, 1.807) is 61.4 Å². The van der Waals surface area contributed by atoms with Gasteiger partial charge in [-0.25, -0.2) is 0 Å². The van der Waals surface area contributed by atoms with Crippen molar-refractivity contribution in [2.24, 2.45) is 25.0 Å². The van der Waals surface area contributed by atoms with E-state index in [2.05, 4.69) is 211 Å². The molecule has 0 saturated heterocycles. The van der Waals surface area contributed by atoms with Gasteiger partial charge < -0.3 is 25.5 Å². The monoisotopic (exact) mass is 2330 g/mol. The van der Waals surface area contributed by atoms with Crippen molar-refractivity contribution in [2.45, 2.75) is 20.8 Å². The molecule has 0 heterocycles. The van der Waals surface area contributed by atoms with Gasteiger partial charge in [-0.1, -0.05) is 255 Å². The van der Waals surface area contributed by atoms with Gasteiger partial charge >= 0.3 is 206 Å². The minimum atomic E-state index is 0.125. The summed E-state index contributed by atoms with van der Waals surface area (Å²) < 4.78 is 0. The molecular weight excluding hydrogens is 2270 g/mol. The molecule has 0 fully saturated rings. The molecule has 15 aromatic carbocycles. The Hall–Kier alpha value is -4.94. The molecule has 578 valence electrons.